The molecular weight excluding hydrogens is 396 g/mol. The number of furan rings is 1. The number of ether oxygens (including phenoxy) is 1. The minimum Gasteiger partial charge on any atom is -0.462 e. The molecule has 148 valence electrons. The van der Waals surface area contributed by atoms with Crippen LogP contribution in [0.5, 0.6) is 0 Å². The van der Waals surface area contributed by atoms with Gasteiger partial charge in [0.25, 0.3) is 0 Å². The Morgan fingerprint density at radius 3 is 2.61 bits per heavy atom. The topological polar surface area (TPSA) is 80.9 Å². The first kappa shape index (κ1) is 20.5. The fourth-order valence-corrected chi connectivity index (χ4v) is 5.55. The summed E-state index contributed by atoms with van der Waals surface area (Å²) in [6.45, 7) is 4.20. The maximum absolute atomic E-state index is 12.0. The Hall–Kier alpha value is -2.19. The maximum atomic E-state index is 12.0. The number of hydrogen-bond acceptors (Lipinski definition) is 7. The van der Waals surface area contributed by atoms with Gasteiger partial charge in [0.05, 0.1) is 28.9 Å². The van der Waals surface area contributed by atoms with Gasteiger partial charge >= 0.3 is 5.97 Å². The predicted molar refractivity (Wildman–Crippen MR) is 114 cm³/mol. The van der Waals surface area contributed by atoms with E-state index >= 15 is 0 Å². The fraction of sp³-hybridized carbons (Fsp3) is 0.350. The minimum absolute atomic E-state index is 0.0623. The number of amides is 1. The first-order valence-electron chi connectivity index (χ1n) is 8.96. The van der Waals surface area contributed by atoms with Gasteiger partial charge in [-0.15, -0.1) is 23.5 Å². The van der Waals surface area contributed by atoms with Gasteiger partial charge < -0.3 is 9.15 Å². The standard InChI is InChI=1S/C20H22N2O4S2/c1-3-25-19(24)15-6-4-14(5-7-15)17-9-8-16(26-17)13-21-22-18(23)12-20(2)27-10-11-28-20/h4-9,13H,3,10-12H2,1-2H3,(H,22,23)/b21-13+. The van der Waals surface area contributed by atoms with E-state index in [2.05, 4.69) is 17.5 Å². The smallest absolute Gasteiger partial charge is 0.338 e. The molecule has 8 heteroatoms. The average molecular weight is 419 g/mol. The van der Waals surface area contributed by atoms with Gasteiger partial charge in [0.15, 0.2) is 0 Å². The van der Waals surface area contributed by atoms with Crippen LogP contribution in [0.25, 0.3) is 11.3 Å². The van der Waals surface area contributed by atoms with Crippen molar-refractivity contribution < 1.29 is 18.7 Å². The van der Waals surface area contributed by atoms with Crippen molar-refractivity contribution in [1.29, 1.82) is 0 Å². The molecular formula is C20H22N2O4S2. The van der Waals surface area contributed by atoms with Crippen molar-refractivity contribution >= 4 is 41.6 Å². The number of carbonyl (C=O) groups is 2. The predicted octanol–water partition coefficient (Wildman–Crippen LogP) is 4.16. The highest BCUT2D eigenvalue weighted by Gasteiger charge is 2.32. The molecule has 1 aliphatic heterocycles. The molecule has 0 bridgehead atoms. The second-order valence-electron chi connectivity index (χ2n) is 6.30. The minimum atomic E-state index is -0.347. The molecule has 1 N–H and O–H groups in total. The van der Waals surface area contributed by atoms with E-state index in [1.807, 2.05) is 29.6 Å². The van der Waals surface area contributed by atoms with E-state index in [4.69, 9.17) is 9.15 Å². The summed E-state index contributed by atoms with van der Waals surface area (Å²) in [5, 5.41) is 3.98. The molecule has 0 unspecified atom stereocenters. The summed E-state index contributed by atoms with van der Waals surface area (Å²) in [5.41, 5.74) is 3.88. The molecule has 1 saturated heterocycles. The first-order chi connectivity index (χ1) is 13.5. The fourth-order valence-electron chi connectivity index (χ4n) is 2.72. The highest BCUT2D eigenvalue weighted by Crippen LogP contribution is 2.45. The van der Waals surface area contributed by atoms with Crippen molar-refractivity contribution in [2.24, 2.45) is 5.10 Å². The van der Waals surface area contributed by atoms with Crippen LogP contribution in [0, 0.1) is 0 Å². The van der Waals surface area contributed by atoms with Gasteiger partial charge in [-0.1, -0.05) is 12.1 Å². The van der Waals surface area contributed by atoms with Crippen LogP contribution in [0.3, 0.4) is 0 Å². The lowest BCUT2D eigenvalue weighted by atomic mass is 10.1. The third kappa shape index (κ3) is 5.42. The molecule has 2 aromatic rings. The Labute approximate surface area is 172 Å². The number of hydrogen-bond donors (Lipinski definition) is 1. The first-order valence-corrected chi connectivity index (χ1v) is 10.9. The Morgan fingerprint density at radius 2 is 1.93 bits per heavy atom. The van der Waals surface area contributed by atoms with E-state index in [9.17, 15) is 9.59 Å². The van der Waals surface area contributed by atoms with E-state index < -0.39 is 0 Å². The molecule has 1 aromatic heterocycles. The number of esters is 1. The second kappa shape index (κ2) is 9.34. The summed E-state index contributed by atoms with van der Waals surface area (Å²) >= 11 is 3.62. The van der Waals surface area contributed by atoms with Crippen molar-refractivity contribution in [3.8, 4) is 11.3 Å². The van der Waals surface area contributed by atoms with Crippen molar-refractivity contribution in [3.63, 3.8) is 0 Å². The molecule has 0 spiro atoms. The zero-order valence-electron chi connectivity index (χ0n) is 15.8. The number of hydrazone groups is 1. The van der Waals surface area contributed by atoms with Gasteiger partial charge in [-0.2, -0.15) is 5.10 Å². The summed E-state index contributed by atoms with van der Waals surface area (Å²) in [6, 6.07) is 10.6. The molecule has 0 atom stereocenters. The van der Waals surface area contributed by atoms with E-state index in [1.54, 1.807) is 37.3 Å². The quantitative estimate of drug-likeness (QED) is 0.413. The molecule has 2 heterocycles. The second-order valence-corrected chi connectivity index (χ2v) is 9.75. The highest BCUT2D eigenvalue weighted by atomic mass is 32.2. The van der Waals surface area contributed by atoms with Crippen molar-refractivity contribution in [3.05, 3.63) is 47.7 Å². The van der Waals surface area contributed by atoms with Crippen molar-refractivity contribution in [2.75, 3.05) is 18.1 Å². The molecule has 3 rings (SSSR count). The third-order valence-electron chi connectivity index (χ3n) is 4.07. The lowest BCUT2D eigenvalue weighted by Crippen LogP contribution is -2.26. The van der Waals surface area contributed by atoms with Crippen LogP contribution in [0.4, 0.5) is 0 Å². The maximum Gasteiger partial charge on any atom is 0.338 e. The summed E-state index contributed by atoms with van der Waals surface area (Å²) in [4.78, 5) is 23.7. The largest absolute Gasteiger partial charge is 0.462 e. The molecule has 28 heavy (non-hydrogen) atoms. The van der Waals surface area contributed by atoms with Gasteiger partial charge in [0.2, 0.25) is 5.91 Å². The average Bonchev–Trinajstić information content (AvgIpc) is 3.31. The molecule has 0 aliphatic carbocycles. The van der Waals surface area contributed by atoms with Crippen LogP contribution in [0.2, 0.25) is 0 Å². The van der Waals surface area contributed by atoms with Crippen LogP contribution in [0.1, 0.15) is 36.4 Å². The van der Waals surface area contributed by atoms with E-state index in [0.717, 1.165) is 17.1 Å². The summed E-state index contributed by atoms with van der Waals surface area (Å²) < 4.78 is 10.6. The van der Waals surface area contributed by atoms with Crippen LogP contribution in [-0.4, -0.2) is 40.3 Å². The van der Waals surface area contributed by atoms with E-state index in [1.165, 1.54) is 6.21 Å². The molecule has 1 aromatic carbocycles. The third-order valence-corrected chi connectivity index (χ3v) is 7.36. The summed E-state index contributed by atoms with van der Waals surface area (Å²) in [6.07, 6.45) is 1.90. The number of nitrogens with zero attached hydrogens (tertiary/aromatic N) is 1. The summed E-state index contributed by atoms with van der Waals surface area (Å²) in [7, 11) is 0. The monoisotopic (exact) mass is 418 g/mol. The van der Waals surface area contributed by atoms with Gasteiger partial charge in [-0.3, -0.25) is 4.79 Å². The van der Waals surface area contributed by atoms with Crippen LogP contribution in [0.15, 0.2) is 45.9 Å². The summed E-state index contributed by atoms with van der Waals surface area (Å²) in [5.74, 6) is 2.87. The molecule has 0 radical (unpaired) electrons. The molecule has 1 fully saturated rings. The van der Waals surface area contributed by atoms with Crippen molar-refractivity contribution in [2.45, 2.75) is 24.3 Å². The zero-order valence-corrected chi connectivity index (χ0v) is 17.4. The van der Waals surface area contributed by atoms with Crippen LogP contribution >= 0.6 is 23.5 Å². The van der Waals surface area contributed by atoms with Crippen molar-refractivity contribution in [1.82, 2.24) is 5.43 Å². The van der Waals surface area contributed by atoms with Gasteiger partial charge in [0.1, 0.15) is 11.5 Å². The Balaban J connectivity index is 1.55. The number of nitrogens with one attached hydrogen (secondary N) is 1. The zero-order chi connectivity index (χ0) is 20.0. The number of carbonyl (C=O) groups excluding carboxylic acids is 2. The Morgan fingerprint density at radius 1 is 1.21 bits per heavy atom. The Bertz CT molecular complexity index is 855. The lowest BCUT2D eigenvalue weighted by molar-refractivity contribution is -0.121. The molecule has 1 aliphatic rings. The molecule has 6 nitrogen and oxygen atoms in total. The van der Waals surface area contributed by atoms with E-state index in [0.29, 0.717) is 30.1 Å². The molecule has 1 amide bonds. The molecule has 0 saturated carbocycles. The number of rotatable bonds is 7. The lowest BCUT2D eigenvalue weighted by Gasteiger charge is -2.19. The van der Waals surface area contributed by atoms with Crippen LogP contribution in [-0.2, 0) is 9.53 Å². The van der Waals surface area contributed by atoms with Gasteiger partial charge in [0, 0.05) is 17.1 Å². The SMILES string of the molecule is CCOC(=O)c1ccc(-c2ccc(/C=N/NC(=O)CC3(C)SCCS3)o2)cc1. The van der Waals surface area contributed by atoms with Crippen LogP contribution < -0.4 is 5.43 Å². The van der Waals surface area contributed by atoms with E-state index in [-0.39, 0.29) is 16.0 Å². The number of benzene rings is 1. The highest BCUT2D eigenvalue weighted by molar-refractivity contribution is 8.21. The Kier molecular flexibility index (Phi) is 6.85. The van der Waals surface area contributed by atoms with Gasteiger partial charge in [-0.25, -0.2) is 10.2 Å². The normalized spacial score (nSPS) is 15.6. The number of thioether (sulfide) groups is 2. The van der Waals surface area contributed by atoms with Gasteiger partial charge in [-0.05, 0) is 38.1 Å².